The van der Waals surface area contributed by atoms with Crippen molar-refractivity contribution in [1.29, 1.82) is 0 Å². The lowest BCUT2D eigenvalue weighted by Gasteiger charge is -2.23. The minimum atomic E-state index is -1.10. The number of nitrogens with one attached hydrogen (secondary N) is 1. The number of rotatable bonds is 6. The van der Waals surface area contributed by atoms with Gasteiger partial charge in [0, 0.05) is 24.5 Å². The first-order valence-corrected chi connectivity index (χ1v) is 7.74. The second kappa shape index (κ2) is 7.71. The van der Waals surface area contributed by atoms with Gasteiger partial charge in [0.2, 0.25) is 5.91 Å². The third kappa shape index (κ3) is 4.77. The zero-order chi connectivity index (χ0) is 16.8. The third-order valence-electron chi connectivity index (χ3n) is 4.18. The van der Waals surface area contributed by atoms with E-state index in [0.717, 1.165) is 32.1 Å². The minimum Gasteiger partial charge on any atom is -0.480 e. The molecule has 1 saturated carbocycles. The quantitative estimate of drug-likeness (QED) is 0.617. The van der Waals surface area contributed by atoms with Crippen molar-refractivity contribution in [2.75, 3.05) is 0 Å². The molecule has 7 nitrogen and oxygen atoms in total. The van der Waals surface area contributed by atoms with E-state index in [0.29, 0.717) is 5.56 Å². The van der Waals surface area contributed by atoms with Crippen LogP contribution in [-0.4, -0.2) is 27.9 Å². The summed E-state index contributed by atoms with van der Waals surface area (Å²) in [5.74, 6) is -1.42. The van der Waals surface area contributed by atoms with Crippen LogP contribution in [-0.2, 0) is 16.0 Å². The summed E-state index contributed by atoms with van der Waals surface area (Å²) in [5, 5.41) is 22.5. The highest BCUT2D eigenvalue weighted by molar-refractivity contribution is 5.85. The Kier molecular flexibility index (Phi) is 5.67. The molecule has 124 valence electrons. The van der Waals surface area contributed by atoms with Gasteiger partial charge in [0.05, 0.1) is 4.92 Å². The number of nitrogens with zero attached hydrogens (tertiary/aromatic N) is 1. The lowest BCUT2D eigenvalue weighted by molar-refractivity contribution is -0.384. The number of benzene rings is 1. The topological polar surface area (TPSA) is 110 Å². The highest BCUT2D eigenvalue weighted by Gasteiger charge is 2.26. The molecule has 0 saturated heterocycles. The van der Waals surface area contributed by atoms with Gasteiger partial charge in [0.25, 0.3) is 5.69 Å². The first-order valence-electron chi connectivity index (χ1n) is 7.74. The number of carbonyl (C=O) groups excluding carboxylic acids is 1. The Hall–Kier alpha value is -2.44. The lowest BCUT2D eigenvalue weighted by atomic mass is 9.88. The van der Waals surface area contributed by atoms with E-state index in [1.54, 1.807) is 0 Å². The molecule has 1 atom stereocenters. The maximum atomic E-state index is 12.2. The van der Waals surface area contributed by atoms with Crippen LogP contribution in [0.5, 0.6) is 0 Å². The SMILES string of the molecule is O=C(N[C@H](Cc1ccc([N+](=O)[O-])cc1)C(=O)O)C1CCCCC1. The number of carboxylic acid groups (broad SMARTS) is 1. The number of hydrogen-bond donors (Lipinski definition) is 2. The molecule has 2 rings (SSSR count). The normalized spacial score (nSPS) is 16.5. The van der Waals surface area contributed by atoms with Gasteiger partial charge in [-0.3, -0.25) is 14.9 Å². The molecule has 0 spiro atoms. The summed E-state index contributed by atoms with van der Waals surface area (Å²) in [7, 11) is 0. The van der Waals surface area contributed by atoms with E-state index in [1.165, 1.54) is 24.3 Å². The van der Waals surface area contributed by atoms with Gasteiger partial charge in [0.15, 0.2) is 0 Å². The Bertz CT molecular complexity index is 579. The molecule has 1 aromatic carbocycles. The van der Waals surface area contributed by atoms with Gasteiger partial charge in [-0.25, -0.2) is 4.79 Å². The number of aliphatic carboxylic acids is 1. The van der Waals surface area contributed by atoms with E-state index in [1.807, 2.05) is 0 Å². The number of nitro benzene ring substituents is 1. The van der Waals surface area contributed by atoms with Crippen molar-refractivity contribution < 1.29 is 19.6 Å². The Morgan fingerprint density at radius 1 is 1.22 bits per heavy atom. The number of carboxylic acids is 1. The Balaban J connectivity index is 1.99. The Labute approximate surface area is 133 Å². The predicted octanol–water partition coefficient (Wildman–Crippen LogP) is 2.29. The minimum absolute atomic E-state index is 0.0492. The molecule has 0 heterocycles. The van der Waals surface area contributed by atoms with Crippen molar-refractivity contribution in [3.63, 3.8) is 0 Å². The molecule has 0 bridgehead atoms. The molecule has 1 aliphatic rings. The van der Waals surface area contributed by atoms with Gasteiger partial charge in [-0.15, -0.1) is 0 Å². The first-order chi connectivity index (χ1) is 11.0. The second-order valence-corrected chi connectivity index (χ2v) is 5.86. The molecule has 1 amide bonds. The van der Waals surface area contributed by atoms with Gasteiger partial charge in [-0.05, 0) is 18.4 Å². The zero-order valence-corrected chi connectivity index (χ0v) is 12.7. The zero-order valence-electron chi connectivity index (χ0n) is 12.7. The second-order valence-electron chi connectivity index (χ2n) is 5.86. The van der Waals surface area contributed by atoms with Crippen molar-refractivity contribution in [3.8, 4) is 0 Å². The van der Waals surface area contributed by atoms with Crippen LogP contribution in [0.1, 0.15) is 37.7 Å². The van der Waals surface area contributed by atoms with E-state index >= 15 is 0 Å². The van der Waals surface area contributed by atoms with Crippen molar-refractivity contribution >= 4 is 17.6 Å². The number of carbonyl (C=O) groups is 2. The Morgan fingerprint density at radius 2 is 1.83 bits per heavy atom. The van der Waals surface area contributed by atoms with Gasteiger partial charge >= 0.3 is 5.97 Å². The smallest absolute Gasteiger partial charge is 0.326 e. The number of amides is 1. The number of nitro groups is 1. The molecule has 0 unspecified atom stereocenters. The third-order valence-corrected chi connectivity index (χ3v) is 4.18. The van der Waals surface area contributed by atoms with Gasteiger partial charge in [-0.1, -0.05) is 31.4 Å². The fourth-order valence-corrected chi connectivity index (χ4v) is 2.84. The Morgan fingerprint density at radius 3 is 2.35 bits per heavy atom. The van der Waals surface area contributed by atoms with Crippen LogP contribution < -0.4 is 5.32 Å². The highest BCUT2D eigenvalue weighted by atomic mass is 16.6. The summed E-state index contributed by atoms with van der Waals surface area (Å²) in [6.45, 7) is 0. The molecule has 7 heteroatoms. The molecule has 1 aliphatic carbocycles. The molecular formula is C16H20N2O5. The van der Waals surface area contributed by atoms with Crippen molar-refractivity contribution in [2.24, 2.45) is 5.92 Å². The molecule has 1 fully saturated rings. The average molecular weight is 320 g/mol. The van der Waals surface area contributed by atoms with Crippen LogP contribution in [0.2, 0.25) is 0 Å². The van der Waals surface area contributed by atoms with E-state index in [2.05, 4.69) is 5.32 Å². The van der Waals surface area contributed by atoms with E-state index in [9.17, 15) is 24.8 Å². The molecular weight excluding hydrogens is 300 g/mol. The van der Waals surface area contributed by atoms with Gasteiger partial charge in [-0.2, -0.15) is 0 Å². The van der Waals surface area contributed by atoms with Crippen LogP contribution in [0.4, 0.5) is 5.69 Å². The standard InChI is InChI=1S/C16H20N2O5/c19-15(12-4-2-1-3-5-12)17-14(16(20)21)10-11-6-8-13(9-7-11)18(22)23/h6-9,12,14H,1-5,10H2,(H,17,19)(H,20,21)/t14-/m1/s1. The van der Waals surface area contributed by atoms with E-state index in [4.69, 9.17) is 0 Å². The van der Waals surface area contributed by atoms with E-state index in [-0.39, 0.29) is 23.9 Å². The summed E-state index contributed by atoms with van der Waals surface area (Å²) in [4.78, 5) is 33.7. The van der Waals surface area contributed by atoms with Crippen LogP contribution >= 0.6 is 0 Å². The summed E-state index contributed by atoms with van der Waals surface area (Å²) in [6.07, 6.45) is 4.82. The largest absolute Gasteiger partial charge is 0.480 e. The molecule has 2 N–H and O–H groups in total. The van der Waals surface area contributed by atoms with Crippen LogP contribution in [0.3, 0.4) is 0 Å². The fourth-order valence-electron chi connectivity index (χ4n) is 2.84. The monoisotopic (exact) mass is 320 g/mol. The van der Waals surface area contributed by atoms with Crippen molar-refractivity contribution in [2.45, 2.75) is 44.6 Å². The molecule has 23 heavy (non-hydrogen) atoms. The average Bonchev–Trinajstić information content (AvgIpc) is 2.55. The predicted molar refractivity (Wildman–Crippen MR) is 82.9 cm³/mol. The lowest BCUT2D eigenvalue weighted by Crippen LogP contribution is -2.45. The molecule has 0 aromatic heterocycles. The van der Waals surface area contributed by atoms with Gasteiger partial charge in [0.1, 0.15) is 6.04 Å². The van der Waals surface area contributed by atoms with E-state index < -0.39 is 16.9 Å². The summed E-state index contributed by atoms with van der Waals surface area (Å²) < 4.78 is 0. The van der Waals surface area contributed by atoms with Crippen molar-refractivity contribution in [1.82, 2.24) is 5.32 Å². The van der Waals surface area contributed by atoms with Crippen LogP contribution in [0.25, 0.3) is 0 Å². The van der Waals surface area contributed by atoms with Gasteiger partial charge < -0.3 is 10.4 Å². The molecule has 0 aliphatic heterocycles. The molecule has 0 radical (unpaired) electrons. The number of hydrogen-bond acceptors (Lipinski definition) is 4. The summed E-state index contributed by atoms with van der Waals surface area (Å²) >= 11 is 0. The highest BCUT2D eigenvalue weighted by Crippen LogP contribution is 2.24. The molecule has 1 aromatic rings. The fraction of sp³-hybridized carbons (Fsp3) is 0.500. The van der Waals surface area contributed by atoms with Crippen LogP contribution in [0.15, 0.2) is 24.3 Å². The summed E-state index contributed by atoms with van der Waals surface area (Å²) in [5.41, 5.74) is 0.582. The maximum Gasteiger partial charge on any atom is 0.326 e. The van der Waals surface area contributed by atoms with Crippen LogP contribution in [0, 0.1) is 16.0 Å². The maximum absolute atomic E-state index is 12.2. The van der Waals surface area contributed by atoms with Crippen molar-refractivity contribution in [3.05, 3.63) is 39.9 Å². The number of non-ortho nitro benzene ring substituents is 1. The summed E-state index contributed by atoms with van der Waals surface area (Å²) in [6, 6.07) is 4.67. The first kappa shape index (κ1) is 16.9.